The molecule has 4 nitrogen and oxygen atoms in total. The van der Waals surface area contributed by atoms with E-state index in [1.807, 2.05) is 26.1 Å². The Bertz CT molecular complexity index is 2460. The van der Waals surface area contributed by atoms with Crippen LogP contribution in [0.25, 0.3) is 22.3 Å². The molecule has 5 heteroatoms. The van der Waals surface area contributed by atoms with Gasteiger partial charge < -0.3 is 9.80 Å². The molecular formula is C46H44N4Pt. The first-order valence-electron chi connectivity index (χ1n) is 20.1. The monoisotopic (exact) mass is 852 g/mol. The van der Waals surface area contributed by atoms with E-state index in [0.29, 0.717) is 5.56 Å². The molecule has 0 atom stereocenters. The first-order valence-corrected chi connectivity index (χ1v) is 17.6. The van der Waals surface area contributed by atoms with Crippen molar-refractivity contribution in [3.8, 4) is 22.3 Å². The van der Waals surface area contributed by atoms with Gasteiger partial charge in [0, 0.05) is 36.6 Å². The van der Waals surface area contributed by atoms with Gasteiger partial charge >= 0.3 is 21.1 Å². The van der Waals surface area contributed by atoms with Crippen LogP contribution in [-0.4, -0.2) is 23.1 Å². The Morgan fingerprint density at radius 3 is 1.94 bits per heavy atom. The van der Waals surface area contributed by atoms with Crippen LogP contribution in [0.3, 0.4) is 0 Å². The smallest absolute Gasteiger partial charge is 0.350 e. The summed E-state index contributed by atoms with van der Waals surface area (Å²) in [5.74, 6) is 1.73. The van der Waals surface area contributed by atoms with E-state index in [0.717, 1.165) is 89.6 Å². The first-order chi connectivity index (χ1) is 26.4. The SMILES string of the molecule is [2H]c1c([2H])c([2H])c(-c2cnc(N3CCCc4ccc(C(C)(C)c5[c-]c6c(cc5)CCCN6c5cc(C)c(-c6ccccc6)cn5)[c-]c43)c(C)c2C)c([2H])c1[2H].[Pt+2]. The molecule has 0 N–H and O–H groups in total. The second-order valence-corrected chi connectivity index (χ2v) is 14.1. The average molecular weight is 853 g/mol. The molecule has 51 heavy (non-hydrogen) atoms. The number of aryl methyl sites for hydroxylation is 3. The Kier molecular flexibility index (Phi) is 8.12. The van der Waals surface area contributed by atoms with Crippen molar-refractivity contribution in [1.82, 2.24) is 9.97 Å². The van der Waals surface area contributed by atoms with Gasteiger partial charge in [-0.3, -0.25) is 0 Å². The number of hydrogen-bond donors (Lipinski definition) is 0. The van der Waals surface area contributed by atoms with Crippen molar-refractivity contribution in [2.75, 3.05) is 22.9 Å². The van der Waals surface area contributed by atoms with Crippen LogP contribution in [-0.2, 0) is 39.3 Å². The molecule has 0 saturated heterocycles. The molecule has 0 bridgehead atoms. The van der Waals surface area contributed by atoms with Crippen LogP contribution < -0.4 is 9.80 Å². The molecule has 0 radical (unpaired) electrons. The number of anilines is 4. The Balaban J connectivity index is 0.00000480. The van der Waals surface area contributed by atoms with E-state index in [9.17, 15) is 0 Å². The van der Waals surface area contributed by atoms with Crippen molar-refractivity contribution < 1.29 is 27.9 Å². The van der Waals surface area contributed by atoms with E-state index in [-0.39, 0.29) is 50.8 Å². The molecule has 2 aromatic heterocycles. The van der Waals surface area contributed by atoms with Gasteiger partial charge in [-0.1, -0.05) is 98.6 Å². The summed E-state index contributed by atoms with van der Waals surface area (Å²) in [4.78, 5) is 14.4. The third kappa shape index (κ3) is 6.44. The minimum atomic E-state index is -0.417. The maximum absolute atomic E-state index is 8.57. The van der Waals surface area contributed by atoms with Crippen LogP contribution in [0.2, 0.25) is 0 Å². The van der Waals surface area contributed by atoms with Crippen LogP contribution in [0.1, 0.15) is 72.5 Å². The molecule has 0 spiro atoms. The fraction of sp³-hybridized carbons (Fsp3) is 0.261. The van der Waals surface area contributed by atoms with Crippen LogP contribution in [0.15, 0.2) is 103 Å². The predicted molar refractivity (Wildman–Crippen MR) is 207 cm³/mol. The Morgan fingerprint density at radius 2 is 1.29 bits per heavy atom. The van der Waals surface area contributed by atoms with Gasteiger partial charge in [-0.15, -0.1) is 11.1 Å². The minimum Gasteiger partial charge on any atom is -0.350 e. The molecule has 6 aromatic rings. The number of pyridine rings is 2. The van der Waals surface area contributed by atoms with Crippen molar-refractivity contribution >= 4 is 23.0 Å². The van der Waals surface area contributed by atoms with Gasteiger partial charge in [-0.05, 0) is 72.9 Å². The maximum Gasteiger partial charge on any atom is 2.00 e. The fourth-order valence-corrected chi connectivity index (χ4v) is 7.51. The third-order valence-corrected chi connectivity index (χ3v) is 10.7. The number of rotatable bonds is 6. The van der Waals surface area contributed by atoms with E-state index in [1.165, 1.54) is 22.3 Å². The molecule has 2 aliphatic rings. The van der Waals surface area contributed by atoms with Gasteiger partial charge in [0.2, 0.25) is 0 Å². The van der Waals surface area contributed by atoms with Crippen molar-refractivity contribution in [2.45, 2.75) is 65.7 Å². The molecule has 0 aliphatic carbocycles. The number of aromatic nitrogens is 2. The summed E-state index contributed by atoms with van der Waals surface area (Å²) < 4.78 is 41.6. The van der Waals surface area contributed by atoms with Crippen LogP contribution in [0.4, 0.5) is 23.0 Å². The van der Waals surface area contributed by atoms with Crippen molar-refractivity contribution in [2.24, 2.45) is 0 Å². The van der Waals surface area contributed by atoms with Gasteiger partial charge in [-0.25, -0.2) is 9.97 Å². The molecular weight excluding hydrogens is 804 g/mol. The third-order valence-electron chi connectivity index (χ3n) is 10.7. The second-order valence-electron chi connectivity index (χ2n) is 14.1. The summed E-state index contributed by atoms with van der Waals surface area (Å²) in [5.41, 5.74) is 12.3. The molecule has 0 fully saturated rings. The van der Waals surface area contributed by atoms with Crippen molar-refractivity contribution in [3.05, 3.63) is 154 Å². The summed E-state index contributed by atoms with van der Waals surface area (Å²) in [6, 6.07) is 27.7. The van der Waals surface area contributed by atoms with Crippen molar-refractivity contribution in [3.63, 3.8) is 0 Å². The van der Waals surface area contributed by atoms with Crippen LogP contribution in [0, 0.1) is 32.9 Å². The second kappa shape index (κ2) is 14.2. The Morgan fingerprint density at radius 1 is 0.686 bits per heavy atom. The fourth-order valence-electron chi connectivity index (χ4n) is 7.51. The molecule has 4 heterocycles. The summed E-state index contributed by atoms with van der Waals surface area (Å²) in [6.07, 6.45) is 7.62. The molecule has 258 valence electrons. The largest absolute Gasteiger partial charge is 2.00 e. The van der Waals surface area contributed by atoms with Gasteiger partial charge in [-0.2, -0.15) is 47.5 Å². The summed E-state index contributed by atoms with van der Waals surface area (Å²) in [6.45, 7) is 12.2. The zero-order valence-corrected chi connectivity index (χ0v) is 32.0. The molecule has 4 aromatic carbocycles. The van der Waals surface area contributed by atoms with Crippen molar-refractivity contribution in [1.29, 1.82) is 0 Å². The van der Waals surface area contributed by atoms with Gasteiger partial charge in [0.05, 0.1) is 6.85 Å². The summed E-state index contributed by atoms with van der Waals surface area (Å²) >= 11 is 0. The topological polar surface area (TPSA) is 32.3 Å². The van der Waals surface area contributed by atoms with Gasteiger partial charge in [0.1, 0.15) is 11.6 Å². The standard InChI is InChI=1S/C46H44N4.Pt/c1-31-26-44(47-29-40(31)34-14-8-6-9-15-34)49-24-12-18-36-20-22-38(27-42(36)49)46(4,5)39-23-21-37-19-13-25-50(43(37)28-39)45-33(3)32(2)41(30-48-45)35-16-10-7-11-17-35;/h6-11,14-17,20-23,26,29-30H,12-13,18-19,24-25H2,1-5H3;/q-2;+2/i7D,10D,11D,16D,17D;. The number of fused-ring (bicyclic) bond motifs is 2. The normalized spacial score (nSPS) is 15.4. The molecule has 0 amide bonds. The molecule has 0 unspecified atom stereocenters. The Hall–Kier alpha value is -4.53. The van der Waals surface area contributed by atoms with Gasteiger partial charge in [0.25, 0.3) is 0 Å². The minimum absolute atomic E-state index is 0. The van der Waals surface area contributed by atoms with E-state index in [4.69, 9.17) is 16.8 Å². The average Bonchev–Trinajstić information content (AvgIpc) is 3.20. The number of hydrogen-bond acceptors (Lipinski definition) is 4. The molecule has 2 aliphatic heterocycles. The number of nitrogens with zero attached hydrogens (tertiary/aromatic N) is 4. The summed E-state index contributed by atoms with van der Waals surface area (Å²) in [5, 5.41) is 0. The van der Waals surface area contributed by atoms with E-state index in [1.54, 1.807) is 6.20 Å². The van der Waals surface area contributed by atoms with Crippen LogP contribution in [0.5, 0.6) is 0 Å². The zero-order chi connectivity index (χ0) is 38.8. The van der Waals surface area contributed by atoms with Crippen LogP contribution >= 0.6 is 0 Å². The quantitative estimate of drug-likeness (QED) is 0.156. The maximum atomic E-state index is 8.57. The Labute approximate surface area is 324 Å². The van der Waals surface area contributed by atoms with Gasteiger partial charge in [0.15, 0.2) is 0 Å². The molecule has 8 rings (SSSR count). The van der Waals surface area contributed by atoms with E-state index < -0.39 is 11.5 Å². The van der Waals surface area contributed by atoms with E-state index in [2.05, 4.69) is 97.3 Å². The van der Waals surface area contributed by atoms with E-state index >= 15 is 0 Å². The predicted octanol–water partition coefficient (Wildman–Crippen LogP) is 10.8. The zero-order valence-electron chi connectivity index (χ0n) is 34.8. The summed E-state index contributed by atoms with van der Waals surface area (Å²) in [7, 11) is 0. The first kappa shape index (κ1) is 29.1. The molecule has 0 saturated carbocycles. The number of benzene rings is 4.